The van der Waals surface area contributed by atoms with Crippen LogP contribution >= 0.6 is 11.3 Å². The molecule has 2 rings (SSSR count). The molecule has 1 N–H and O–H groups in total. The Labute approximate surface area is 125 Å². The first-order valence-corrected chi connectivity index (χ1v) is 8.63. The van der Waals surface area contributed by atoms with Crippen LogP contribution in [-0.4, -0.2) is 19.5 Å². The molecule has 1 aromatic heterocycles. The van der Waals surface area contributed by atoms with E-state index in [1.165, 1.54) is 11.3 Å². The molecule has 0 bridgehead atoms. The van der Waals surface area contributed by atoms with Crippen molar-refractivity contribution < 1.29 is 22.7 Å². The minimum absolute atomic E-state index is 0.187. The Bertz CT molecular complexity index is 778. The smallest absolute Gasteiger partial charge is 0.338 e. The Morgan fingerprint density at radius 2 is 1.90 bits per heavy atom. The van der Waals surface area contributed by atoms with Crippen LogP contribution in [0.25, 0.3) is 0 Å². The van der Waals surface area contributed by atoms with Gasteiger partial charge in [0.1, 0.15) is 5.82 Å². The summed E-state index contributed by atoms with van der Waals surface area (Å²) in [6.07, 6.45) is 0.824. The van der Waals surface area contributed by atoms with E-state index in [0.717, 1.165) is 29.5 Å². The SMILES string of the molecule is CCc1ccc(CS(=O)(=O)c2ccc(F)c(C(=O)O)c2)s1. The van der Waals surface area contributed by atoms with Crippen LogP contribution < -0.4 is 0 Å². The van der Waals surface area contributed by atoms with Crippen molar-refractivity contribution in [2.45, 2.75) is 24.0 Å². The van der Waals surface area contributed by atoms with E-state index in [-0.39, 0.29) is 10.6 Å². The van der Waals surface area contributed by atoms with Gasteiger partial charge < -0.3 is 5.11 Å². The predicted octanol–water partition coefficient (Wildman–Crippen LogP) is 3.12. The van der Waals surface area contributed by atoms with Crippen LogP contribution in [0.15, 0.2) is 35.2 Å². The standard InChI is InChI=1S/C14H13FO4S2/c1-2-9-3-4-10(20-9)8-21(18,19)11-5-6-13(15)12(7-11)14(16)17/h3-7H,2,8H2,1H3,(H,16,17). The summed E-state index contributed by atoms with van der Waals surface area (Å²) in [6, 6.07) is 6.42. The maximum absolute atomic E-state index is 13.3. The van der Waals surface area contributed by atoms with Crippen molar-refractivity contribution in [2.24, 2.45) is 0 Å². The number of rotatable bonds is 5. The van der Waals surface area contributed by atoms with Gasteiger partial charge in [-0.25, -0.2) is 17.6 Å². The topological polar surface area (TPSA) is 71.4 Å². The molecule has 112 valence electrons. The molecule has 0 aliphatic rings. The number of sulfone groups is 1. The third-order valence-corrected chi connectivity index (χ3v) is 6.00. The lowest BCUT2D eigenvalue weighted by Crippen LogP contribution is -2.07. The number of hydrogen-bond acceptors (Lipinski definition) is 4. The predicted molar refractivity (Wildman–Crippen MR) is 77.9 cm³/mol. The first-order chi connectivity index (χ1) is 9.83. The molecule has 1 aromatic carbocycles. The van der Waals surface area contributed by atoms with Gasteiger partial charge >= 0.3 is 5.97 Å². The Balaban J connectivity index is 2.35. The first-order valence-electron chi connectivity index (χ1n) is 6.16. The molecule has 4 nitrogen and oxygen atoms in total. The average molecular weight is 328 g/mol. The van der Waals surface area contributed by atoms with Crippen molar-refractivity contribution >= 4 is 27.1 Å². The molecule has 0 radical (unpaired) electrons. The Kier molecular flexibility index (Phi) is 4.43. The molecule has 0 saturated carbocycles. The van der Waals surface area contributed by atoms with Gasteiger partial charge in [-0.05, 0) is 36.8 Å². The lowest BCUT2D eigenvalue weighted by atomic mass is 10.2. The summed E-state index contributed by atoms with van der Waals surface area (Å²) < 4.78 is 37.9. The van der Waals surface area contributed by atoms with Crippen molar-refractivity contribution in [1.29, 1.82) is 0 Å². The van der Waals surface area contributed by atoms with Crippen molar-refractivity contribution in [1.82, 2.24) is 0 Å². The highest BCUT2D eigenvalue weighted by Crippen LogP contribution is 2.24. The van der Waals surface area contributed by atoms with Crippen LogP contribution in [-0.2, 0) is 22.0 Å². The van der Waals surface area contributed by atoms with Gasteiger partial charge in [0.25, 0.3) is 0 Å². The summed E-state index contributed by atoms with van der Waals surface area (Å²) in [5.74, 6) is -2.66. The molecule has 0 fully saturated rings. The molecule has 2 aromatic rings. The van der Waals surface area contributed by atoms with Crippen molar-refractivity contribution in [3.05, 3.63) is 51.5 Å². The number of carboxylic acid groups (broad SMARTS) is 1. The van der Waals surface area contributed by atoms with Crippen LogP contribution in [0.5, 0.6) is 0 Å². The molecule has 0 spiro atoms. The number of aromatic carboxylic acids is 1. The molecule has 1 heterocycles. The molecular weight excluding hydrogens is 315 g/mol. The van der Waals surface area contributed by atoms with Crippen LogP contribution in [0.4, 0.5) is 4.39 Å². The second-order valence-corrected chi connectivity index (χ2v) is 7.67. The zero-order valence-corrected chi connectivity index (χ0v) is 12.8. The Hall–Kier alpha value is -1.73. The van der Waals surface area contributed by atoms with Gasteiger partial charge in [0, 0.05) is 9.75 Å². The van der Waals surface area contributed by atoms with E-state index in [2.05, 4.69) is 0 Å². The van der Waals surface area contributed by atoms with Gasteiger partial charge in [0.2, 0.25) is 0 Å². The van der Waals surface area contributed by atoms with Gasteiger partial charge in [0.05, 0.1) is 16.2 Å². The molecule has 7 heteroatoms. The second-order valence-electron chi connectivity index (χ2n) is 4.43. The monoisotopic (exact) mass is 328 g/mol. The highest BCUT2D eigenvalue weighted by atomic mass is 32.2. The number of carboxylic acids is 1. The molecule has 0 atom stereocenters. The summed E-state index contributed by atoms with van der Waals surface area (Å²) in [6.45, 7) is 1.98. The fourth-order valence-electron chi connectivity index (χ4n) is 1.82. The van der Waals surface area contributed by atoms with E-state index in [1.54, 1.807) is 6.07 Å². The largest absolute Gasteiger partial charge is 0.478 e. The van der Waals surface area contributed by atoms with E-state index in [0.29, 0.717) is 4.88 Å². The number of hydrogen-bond donors (Lipinski definition) is 1. The zero-order chi connectivity index (χ0) is 15.6. The summed E-state index contributed by atoms with van der Waals surface area (Å²) in [5, 5.41) is 8.85. The molecule has 0 aliphatic carbocycles. The van der Waals surface area contributed by atoms with Crippen molar-refractivity contribution in [2.75, 3.05) is 0 Å². The quantitative estimate of drug-likeness (QED) is 0.856. The molecule has 0 saturated heterocycles. The van der Waals surface area contributed by atoms with Crippen LogP contribution in [0.3, 0.4) is 0 Å². The zero-order valence-electron chi connectivity index (χ0n) is 11.2. The van der Waals surface area contributed by atoms with E-state index in [1.807, 2.05) is 13.0 Å². The van der Waals surface area contributed by atoms with E-state index in [9.17, 15) is 17.6 Å². The summed E-state index contributed by atoms with van der Waals surface area (Å²) in [5.41, 5.74) is -0.642. The van der Waals surface area contributed by atoms with Crippen molar-refractivity contribution in [3.63, 3.8) is 0 Å². The van der Waals surface area contributed by atoms with Gasteiger partial charge in [-0.2, -0.15) is 0 Å². The third kappa shape index (κ3) is 3.48. The number of benzene rings is 1. The van der Waals surface area contributed by atoms with Gasteiger partial charge in [-0.1, -0.05) is 6.92 Å². The summed E-state index contributed by atoms with van der Waals surface area (Å²) in [7, 11) is -3.70. The van der Waals surface area contributed by atoms with Crippen LogP contribution in [0, 0.1) is 5.82 Å². The van der Waals surface area contributed by atoms with Gasteiger partial charge in [0.15, 0.2) is 9.84 Å². The summed E-state index contributed by atoms with van der Waals surface area (Å²) >= 11 is 1.40. The van der Waals surface area contributed by atoms with Gasteiger partial charge in [-0.3, -0.25) is 0 Å². The second kappa shape index (κ2) is 5.95. The van der Waals surface area contributed by atoms with E-state index < -0.39 is 27.2 Å². The summed E-state index contributed by atoms with van der Waals surface area (Å²) in [4.78, 5) is 12.4. The molecule has 21 heavy (non-hydrogen) atoms. The van der Waals surface area contributed by atoms with Crippen LogP contribution in [0.1, 0.15) is 27.0 Å². The normalized spacial score (nSPS) is 11.5. The minimum Gasteiger partial charge on any atom is -0.478 e. The number of thiophene rings is 1. The fourth-order valence-corrected chi connectivity index (χ4v) is 4.49. The highest BCUT2D eigenvalue weighted by Gasteiger charge is 2.20. The Morgan fingerprint density at radius 3 is 2.48 bits per heavy atom. The highest BCUT2D eigenvalue weighted by molar-refractivity contribution is 7.90. The third-order valence-electron chi connectivity index (χ3n) is 2.93. The number of aryl methyl sites for hydroxylation is 1. The van der Waals surface area contributed by atoms with E-state index >= 15 is 0 Å². The lowest BCUT2D eigenvalue weighted by Gasteiger charge is -2.05. The van der Waals surface area contributed by atoms with E-state index in [4.69, 9.17) is 5.11 Å². The molecule has 0 aliphatic heterocycles. The lowest BCUT2D eigenvalue weighted by molar-refractivity contribution is 0.0691. The number of halogens is 1. The fraction of sp³-hybridized carbons (Fsp3) is 0.214. The van der Waals surface area contributed by atoms with Crippen LogP contribution in [0.2, 0.25) is 0 Å². The molecule has 0 amide bonds. The minimum atomic E-state index is -3.70. The maximum atomic E-state index is 13.3. The Morgan fingerprint density at radius 1 is 1.24 bits per heavy atom. The molecule has 0 unspecified atom stereocenters. The van der Waals surface area contributed by atoms with Crippen molar-refractivity contribution in [3.8, 4) is 0 Å². The first kappa shape index (κ1) is 15.7. The average Bonchev–Trinajstić information content (AvgIpc) is 2.85. The maximum Gasteiger partial charge on any atom is 0.338 e. The van der Waals surface area contributed by atoms with Gasteiger partial charge in [-0.15, -0.1) is 11.3 Å². The number of carbonyl (C=O) groups is 1. The molecular formula is C14H13FO4S2.